The smallest absolute Gasteiger partial charge is 0.0951 e. The molecule has 2 aromatic heterocycles. The second-order valence-corrected chi connectivity index (χ2v) is 5.29. The molecule has 0 aliphatic rings. The summed E-state index contributed by atoms with van der Waals surface area (Å²) in [6.45, 7) is 5.15. The predicted octanol–water partition coefficient (Wildman–Crippen LogP) is 3.33. The molecule has 0 N–H and O–H groups in total. The minimum absolute atomic E-state index is 0.510. The number of aryl methyl sites for hydroxylation is 3. The van der Waals surface area contributed by atoms with Crippen molar-refractivity contribution in [3.05, 3.63) is 33.8 Å². The molecule has 0 amide bonds. The average molecular weight is 270 g/mol. The summed E-state index contributed by atoms with van der Waals surface area (Å²) in [5, 5.41) is 3.21. The standard InChI is InChI=1S/C12H16ClN3S/c1-9-10(2)16(8-14-9)5-3-4-12-15-11(6-13)7-17-12/h7-8H,3-6H2,1-2H3. The molecule has 0 saturated carbocycles. The number of thiazole rings is 1. The molecule has 92 valence electrons. The fourth-order valence-electron chi connectivity index (χ4n) is 1.70. The lowest BCUT2D eigenvalue weighted by molar-refractivity contribution is 0.626. The second kappa shape index (κ2) is 5.65. The molecule has 0 atom stereocenters. The van der Waals surface area contributed by atoms with Gasteiger partial charge >= 0.3 is 0 Å². The van der Waals surface area contributed by atoms with Crippen LogP contribution in [0.3, 0.4) is 0 Å². The maximum absolute atomic E-state index is 5.73. The van der Waals surface area contributed by atoms with Gasteiger partial charge in [-0.2, -0.15) is 0 Å². The molecule has 0 spiro atoms. The second-order valence-electron chi connectivity index (χ2n) is 4.08. The summed E-state index contributed by atoms with van der Waals surface area (Å²) >= 11 is 7.42. The largest absolute Gasteiger partial charge is 0.335 e. The number of hydrogen-bond donors (Lipinski definition) is 0. The van der Waals surface area contributed by atoms with Gasteiger partial charge in [-0.1, -0.05) is 0 Å². The summed E-state index contributed by atoms with van der Waals surface area (Å²) in [5.41, 5.74) is 3.36. The molecule has 0 radical (unpaired) electrons. The molecule has 0 saturated heterocycles. The van der Waals surface area contributed by atoms with Crippen LogP contribution >= 0.6 is 22.9 Å². The van der Waals surface area contributed by atoms with Gasteiger partial charge in [0.2, 0.25) is 0 Å². The van der Waals surface area contributed by atoms with Crippen molar-refractivity contribution in [3.8, 4) is 0 Å². The van der Waals surface area contributed by atoms with Crippen LogP contribution in [-0.4, -0.2) is 14.5 Å². The van der Waals surface area contributed by atoms with Crippen LogP contribution in [0.2, 0.25) is 0 Å². The lowest BCUT2D eigenvalue weighted by Crippen LogP contribution is -2.00. The Kier molecular flexibility index (Phi) is 4.18. The summed E-state index contributed by atoms with van der Waals surface area (Å²) in [6.07, 6.45) is 4.01. The van der Waals surface area contributed by atoms with Crippen LogP contribution in [0, 0.1) is 13.8 Å². The first-order valence-electron chi connectivity index (χ1n) is 5.68. The van der Waals surface area contributed by atoms with Crippen LogP contribution in [0.4, 0.5) is 0 Å². The molecular formula is C12H16ClN3S. The van der Waals surface area contributed by atoms with Crippen LogP contribution in [0.5, 0.6) is 0 Å². The number of hydrogen-bond acceptors (Lipinski definition) is 3. The molecule has 2 heterocycles. The van der Waals surface area contributed by atoms with Crippen molar-refractivity contribution in [3.63, 3.8) is 0 Å². The first-order valence-corrected chi connectivity index (χ1v) is 7.09. The van der Waals surface area contributed by atoms with E-state index in [1.165, 1.54) is 10.7 Å². The highest BCUT2D eigenvalue weighted by Gasteiger charge is 2.04. The van der Waals surface area contributed by atoms with Crippen LogP contribution in [0.1, 0.15) is 28.5 Å². The number of nitrogens with zero attached hydrogens (tertiary/aromatic N) is 3. The lowest BCUT2D eigenvalue weighted by Gasteiger charge is -2.03. The van der Waals surface area contributed by atoms with Crippen molar-refractivity contribution in [2.75, 3.05) is 0 Å². The van der Waals surface area contributed by atoms with Crippen molar-refractivity contribution in [2.24, 2.45) is 0 Å². The normalized spacial score (nSPS) is 11.0. The van der Waals surface area contributed by atoms with Crippen molar-refractivity contribution < 1.29 is 0 Å². The number of rotatable bonds is 5. The fraction of sp³-hybridized carbons (Fsp3) is 0.500. The Morgan fingerprint density at radius 3 is 2.82 bits per heavy atom. The van der Waals surface area contributed by atoms with E-state index in [4.69, 9.17) is 11.6 Å². The van der Waals surface area contributed by atoms with Gasteiger partial charge in [0.15, 0.2) is 0 Å². The average Bonchev–Trinajstić information content (AvgIpc) is 2.90. The molecule has 5 heteroatoms. The zero-order chi connectivity index (χ0) is 12.3. The van der Waals surface area contributed by atoms with E-state index >= 15 is 0 Å². The maximum Gasteiger partial charge on any atom is 0.0951 e. The molecule has 0 bridgehead atoms. The molecule has 0 fully saturated rings. The summed E-state index contributed by atoms with van der Waals surface area (Å²) in [6, 6.07) is 0. The number of alkyl halides is 1. The number of imidazole rings is 1. The third-order valence-electron chi connectivity index (χ3n) is 2.87. The molecule has 0 aromatic carbocycles. The van der Waals surface area contributed by atoms with Crippen LogP contribution in [-0.2, 0) is 18.8 Å². The van der Waals surface area contributed by atoms with Gasteiger partial charge in [-0.15, -0.1) is 22.9 Å². The van der Waals surface area contributed by atoms with Crippen molar-refractivity contribution in [1.82, 2.24) is 14.5 Å². The first-order chi connectivity index (χ1) is 8.20. The molecule has 3 nitrogen and oxygen atoms in total. The minimum atomic E-state index is 0.510. The molecule has 0 aliphatic heterocycles. The van der Waals surface area contributed by atoms with Gasteiger partial charge in [-0.25, -0.2) is 9.97 Å². The van der Waals surface area contributed by atoms with E-state index in [0.717, 1.165) is 30.8 Å². The third-order valence-corrected chi connectivity index (χ3v) is 4.10. The van der Waals surface area contributed by atoms with E-state index in [0.29, 0.717) is 5.88 Å². The minimum Gasteiger partial charge on any atom is -0.335 e. The topological polar surface area (TPSA) is 30.7 Å². The summed E-state index contributed by atoms with van der Waals surface area (Å²) in [7, 11) is 0. The lowest BCUT2D eigenvalue weighted by atomic mass is 10.3. The third kappa shape index (κ3) is 3.07. The molecule has 2 rings (SSSR count). The van der Waals surface area contributed by atoms with E-state index in [2.05, 4.69) is 21.5 Å². The number of halogens is 1. The van der Waals surface area contributed by atoms with Crippen LogP contribution in [0.15, 0.2) is 11.7 Å². The molecule has 2 aromatic rings. The Bertz CT molecular complexity index is 490. The molecule has 0 aliphatic carbocycles. The Morgan fingerprint density at radius 1 is 1.41 bits per heavy atom. The van der Waals surface area contributed by atoms with Crippen molar-refractivity contribution >= 4 is 22.9 Å². The van der Waals surface area contributed by atoms with E-state index < -0.39 is 0 Å². The highest BCUT2D eigenvalue weighted by molar-refractivity contribution is 7.09. The van der Waals surface area contributed by atoms with Gasteiger partial charge in [0.1, 0.15) is 0 Å². The Hall–Kier alpha value is -0.870. The fourth-order valence-corrected chi connectivity index (χ4v) is 2.76. The molecular weight excluding hydrogens is 254 g/mol. The predicted molar refractivity (Wildman–Crippen MR) is 71.7 cm³/mol. The van der Waals surface area contributed by atoms with Crippen LogP contribution < -0.4 is 0 Å². The van der Waals surface area contributed by atoms with E-state index in [9.17, 15) is 0 Å². The van der Waals surface area contributed by atoms with Gasteiger partial charge in [-0.3, -0.25) is 0 Å². The zero-order valence-corrected chi connectivity index (χ0v) is 11.7. The van der Waals surface area contributed by atoms with E-state index in [-0.39, 0.29) is 0 Å². The zero-order valence-electron chi connectivity index (χ0n) is 10.1. The Morgan fingerprint density at radius 2 is 2.24 bits per heavy atom. The quantitative estimate of drug-likeness (QED) is 0.780. The van der Waals surface area contributed by atoms with Gasteiger partial charge < -0.3 is 4.57 Å². The van der Waals surface area contributed by atoms with Gasteiger partial charge in [0.05, 0.1) is 28.6 Å². The van der Waals surface area contributed by atoms with Crippen molar-refractivity contribution in [1.29, 1.82) is 0 Å². The molecule has 0 unspecified atom stereocenters. The number of aromatic nitrogens is 3. The highest BCUT2D eigenvalue weighted by atomic mass is 35.5. The van der Waals surface area contributed by atoms with E-state index in [1.807, 2.05) is 18.6 Å². The highest BCUT2D eigenvalue weighted by Crippen LogP contribution is 2.14. The SMILES string of the molecule is Cc1ncn(CCCc2nc(CCl)cs2)c1C. The van der Waals surface area contributed by atoms with Gasteiger partial charge in [0.25, 0.3) is 0 Å². The van der Waals surface area contributed by atoms with Crippen LogP contribution in [0.25, 0.3) is 0 Å². The first kappa shape index (κ1) is 12.6. The van der Waals surface area contributed by atoms with Crippen molar-refractivity contribution in [2.45, 2.75) is 39.1 Å². The summed E-state index contributed by atoms with van der Waals surface area (Å²) in [5.74, 6) is 0.510. The van der Waals surface area contributed by atoms with E-state index in [1.54, 1.807) is 11.3 Å². The summed E-state index contributed by atoms with van der Waals surface area (Å²) < 4.78 is 2.20. The Labute approximate surface area is 110 Å². The van der Waals surface area contributed by atoms with Gasteiger partial charge in [0, 0.05) is 24.0 Å². The van der Waals surface area contributed by atoms with Gasteiger partial charge in [-0.05, 0) is 20.3 Å². The Balaban J connectivity index is 1.85. The maximum atomic E-state index is 5.73. The monoisotopic (exact) mass is 269 g/mol. The molecule has 17 heavy (non-hydrogen) atoms. The summed E-state index contributed by atoms with van der Waals surface area (Å²) in [4.78, 5) is 8.74.